The molecule has 1 N–H and O–H groups in total. The number of nitrogens with zero attached hydrogens (tertiary/aromatic N) is 2. The minimum atomic E-state index is 0.524. The lowest BCUT2D eigenvalue weighted by molar-refractivity contribution is 0.203. The number of rotatable bonds is 8. The van der Waals surface area contributed by atoms with Crippen molar-refractivity contribution in [3.05, 3.63) is 38.5 Å². The summed E-state index contributed by atoms with van der Waals surface area (Å²) in [5.41, 5.74) is 1.19. The molecule has 2 rings (SSSR count). The maximum Gasteiger partial charge on any atom is 0.107 e. The van der Waals surface area contributed by atoms with Crippen molar-refractivity contribution < 1.29 is 0 Å². The topological polar surface area (TPSA) is 28.2 Å². The van der Waals surface area contributed by atoms with Crippen LogP contribution in [0.5, 0.6) is 0 Å². The Kier molecular flexibility index (Phi) is 6.16. The van der Waals surface area contributed by atoms with E-state index in [1.807, 2.05) is 11.3 Å². The molecule has 2 heterocycles. The molecule has 2 aromatic heterocycles. The number of hydrogen-bond donors (Lipinski definition) is 1. The van der Waals surface area contributed by atoms with Gasteiger partial charge in [-0.15, -0.1) is 22.7 Å². The van der Waals surface area contributed by atoms with Gasteiger partial charge in [0.2, 0.25) is 0 Å². The predicted octanol–water partition coefficient (Wildman–Crippen LogP) is 3.72. The Bertz CT molecular complexity index is 491. The van der Waals surface area contributed by atoms with E-state index in [1.165, 1.54) is 15.6 Å². The van der Waals surface area contributed by atoms with E-state index in [2.05, 4.69) is 53.9 Å². The Balaban J connectivity index is 1.95. The SMILES string of the molecule is CCNCc1nc(CN(Cc2cccs2)C(C)C)cs1. The Morgan fingerprint density at radius 2 is 2.15 bits per heavy atom. The van der Waals surface area contributed by atoms with Crippen molar-refractivity contribution in [2.45, 2.75) is 46.4 Å². The van der Waals surface area contributed by atoms with E-state index >= 15 is 0 Å². The normalized spacial score (nSPS) is 11.7. The third-order valence-electron chi connectivity index (χ3n) is 3.16. The number of hydrogen-bond acceptors (Lipinski definition) is 5. The van der Waals surface area contributed by atoms with Gasteiger partial charge in [0, 0.05) is 35.9 Å². The third-order valence-corrected chi connectivity index (χ3v) is 4.92. The first kappa shape index (κ1) is 15.6. The maximum atomic E-state index is 4.72. The second kappa shape index (κ2) is 7.88. The molecule has 0 aliphatic rings. The average Bonchev–Trinajstić information content (AvgIpc) is 3.07. The van der Waals surface area contributed by atoms with Crippen molar-refractivity contribution in [2.24, 2.45) is 0 Å². The first-order valence-corrected chi connectivity index (χ1v) is 8.85. The number of thiophene rings is 1. The molecule has 0 aromatic carbocycles. The monoisotopic (exact) mass is 309 g/mol. The van der Waals surface area contributed by atoms with Crippen molar-refractivity contribution in [3.8, 4) is 0 Å². The smallest absolute Gasteiger partial charge is 0.107 e. The zero-order valence-electron chi connectivity index (χ0n) is 12.4. The van der Waals surface area contributed by atoms with Crippen molar-refractivity contribution in [1.29, 1.82) is 0 Å². The van der Waals surface area contributed by atoms with Crippen LogP contribution in [0, 0.1) is 0 Å². The molecule has 110 valence electrons. The molecule has 20 heavy (non-hydrogen) atoms. The van der Waals surface area contributed by atoms with Gasteiger partial charge in [-0.25, -0.2) is 4.98 Å². The highest BCUT2D eigenvalue weighted by Crippen LogP contribution is 2.18. The Hall–Kier alpha value is -0.750. The number of thiazole rings is 1. The molecular weight excluding hydrogens is 286 g/mol. The standard InChI is InChI=1S/C15H23N3S2/c1-4-16-8-15-17-13(11-20-15)9-18(12(2)3)10-14-6-5-7-19-14/h5-7,11-12,16H,4,8-10H2,1-3H3. The predicted molar refractivity (Wildman–Crippen MR) is 88.2 cm³/mol. The van der Waals surface area contributed by atoms with Crippen molar-refractivity contribution in [3.63, 3.8) is 0 Å². The van der Waals surface area contributed by atoms with E-state index < -0.39 is 0 Å². The molecule has 0 radical (unpaired) electrons. The molecule has 0 spiro atoms. The van der Waals surface area contributed by atoms with Crippen LogP contribution in [-0.4, -0.2) is 22.5 Å². The highest BCUT2D eigenvalue weighted by molar-refractivity contribution is 7.10. The summed E-state index contributed by atoms with van der Waals surface area (Å²) in [4.78, 5) is 8.61. The second-order valence-corrected chi connectivity index (χ2v) is 7.07. The fraction of sp³-hybridized carbons (Fsp3) is 0.533. The van der Waals surface area contributed by atoms with Crippen LogP contribution in [0.3, 0.4) is 0 Å². The quantitative estimate of drug-likeness (QED) is 0.805. The molecule has 0 aliphatic carbocycles. The molecular formula is C15H23N3S2. The van der Waals surface area contributed by atoms with Crippen LogP contribution in [0.15, 0.2) is 22.9 Å². The Morgan fingerprint density at radius 3 is 2.80 bits per heavy atom. The first-order chi connectivity index (χ1) is 9.69. The fourth-order valence-electron chi connectivity index (χ4n) is 1.97. The van der Waals surface area contributed by atoms with E-state index in [-0.39, 0.29) is 0 Å². The maximum absolute atomic E-state index is 4.72. The molecule has 0 bridgehead atoms. The minimum absolute atomic E-state index is 0.524. The largest absolute Gasteiger partial charge is 0.311 e. The van der Waals surface area contributed by atoms with Crippen LogP contribution < -0.4 is 5.32 Å². The first-order valence-electron chi connectivity index (χ1n) is 7.09. The van der Waals surface area contributed by atoms with Crippen LogP contribution in [-0.2, 0) is 19.6 Å². The van der Waals surface area contributed by atoms with E-state index in [4.69, 9.17) is 4.98 Å². The third kappa shape index (κ3) is 4.66. The van der Waals surface area contributed by atoms with Gasteiger partial charge in [-0.1, -0.05) is 13.0 Å². The number of aromatic nitrogens is 1. The van der Waals surface area contributed by atoms with Gasteiger partial charge in [-0.2, -0.15) is 0 Å². The molecule has 0 unspecified atom stereocenters. The summed E-state index contributed by atoms with van der Waals surface area (Å²) < 4.78 is 0. The molecule has 5 heteroatoms. The molecule has 2 aromatic rings. The molecule has 3 nitrogen and oxygen atoms in total. The van der Waals surface area contributed by atoms with E-state index in [9.17, 15) is 0 Å². The Morgan fingerprint density at radius 1 is 1.30 bits per heavy atom. The van der Waals surface area contributed by atoms with Crippen molar-refractivity contribution in [1.82, 2.24) is 15.2 Å². The van der Waals surface area contributed by atoms with Crippen molar-refractivity contribution >= 4 is 22.7 Å². The highest BCUT2D eigenvalue weighted by Gasteiger charge is 2.13. The van der Waals surface area contributed by atoms with Crippen LogP contribution in [0.1, 0.15) is 36.3 Å². The molecule has 0 amide bonds. The van der Waals surface area contributed by atoms with E-state index in [0.717, 1.165) is 26.2 Å². The molecule has 0 fully saturated rings. The molecule has 0 aliphatic heterocycles. The minimum Gasteiger partial charge on any atom is -0.311 e. The van der Waals surface area contributed by atoms with Gasteiger partial charge < -0.3 is 5.32 Å². The van der Waals surface area contributed by atoms with Gasteiger partial charge >= 0.3 is 0 Å². The van der Waals surface area contributed by atoms with Gasteiger partial charge in [0.25, 0.3) is 0 Å². The molecule has 0 atom stereocenters. The van der Waals surface area contributed by atoms with E-state index in [1.54, 1.807) is 11.3 Å². The number of nitrogens with one attached hydrogen (secondary N) is 1. The summed E-state index contributed by atoms with van der Waals surface area (Å²) in [7, 11) is 0. The van der Waals surface area contributed by atoms with Gasteiger partial charge in [-0.3, -0.25) is 4.90 Å². The summed E-state index contributed by atoms with van der Waals surface area (Å²) in [6, 6.07) is 4.85. The lowest BCUT2D eigenvalue weighted by atomic mass is 10.2. The fourth-order valence-corrected chi connectivity index (χ4v) is 3.45. The summed E-state index contributed by atoms with van der Waals surface area (Å²) in [6.45, 7) is 10.4. The van der Waals surface area contributed by atoms with Crippen LogP contribution in [0.2, 0.25) is 0 Å². The van der Waals surface area contributed by atoms with Gasteiger partial charge in [0.05, 0.1) is 5.69 Å². The molecule has 0 saturated heterocycles. The second-order valence-electron chi connectivity index (χ2n) is 5.09. The van der Waals surface area contributed by atoms with Gasteiger partial charge in [-0.05, 0) is 31.8 Å². The van der Waals surface area contributed by atoms with Crippen molar-refractivity contribution in [2.75, 3.05) is 6.54 Å². The van der Waals surface area contributed by atoms with Crippen LogP contribution in [0.4, 0.5) is 0 Å². The average molecular weight is 310 g/mol. The summed E-state index contributed by atoms with van der Waals surface area (Å²) in [5, 5.41) is 8.84. The molecule has 0 saturated carbocycles. The highest BCUT2D eigenvalue weighted by atomic mass is 32.1. The summed E-state index contributed by atoms with van der Waals surface area (Å²) in [5.74, 6) is 0. The summed E-state index contributed by atoms with van der Waals surface area (Å²) in [6.07, 6.45) is 0. The summed E-state index contributed by atoms with van der Waals surface area (Å²) >= 11 is 3.58. The Labute approximate surface area is 129 Å². The lowest BCUT2D eigenvalue weighted by Crippen LogP contribution is -2.29. The van der Waals surface area contributed by atoms with Gasteiger partial charge in [0.1, 0.15) is 5.01 Å². The van der Waals surface area contributed by atoms with Gasteiger partial charge in [0.15, 0.2) is 0 Å². The van der Waals surface area contributed by atoms with Crippen LogP contribution >= 0.6 is 22.7 Å². The lowest BCUT2D eigenvalue weighted by Gasteiger charge is -2.24. The zero-order valence-corrected chi connectivity index (χ0v) is 14.1. The van der Waals surface area contributed by atoms with Crippen LogP contribution in [0.25, 0.3) is 0 Å². The van der Waals surface area contributed by atoms with E-state index in [0.29, 0.717) is 6.04 Å². The zero-order chi connectivity index (χ0) is 14.4.